The summed E-state index contributed by atoms with van der Waals surface area (Å²) in [6.07, 6.45) is 3.19. The number of hydrogen-bond donors (Lipinski definition) is 1. The molecule has 1 aliphatic carbocycles. The van der Waals surface area contributed by atoms with E-state index in [1.807, 2.05) is 16.4 Å². The molecule has 2 fully saturated rings. The van der Waals surface area contributed by atoms with E-state index in [0.717, 1.165) is 12.8 Å². The third-order valence-corrected chi connectivity index (χ3v) is 6.07. The van der Waals surface area contributed by atoms with E-state index >= 15 is 4.39 Å². The normalized spacial score (nSPS) is 18.3. The van der Waals surface area contributed by atoms with Crippen molar-refractivity contribution in [3.8, 4) is 5.75 Å². The number of nitrogens with zero attached hydrogens (tertiary/aromatic N) is 3. The van der Waals surface area contributed by atoms with Crippen molar-refractivity contribution in [2.75, 3.05) is 52.3 Å². The first-order valence-corrected chi connectivity index (χ1v) is 11.0. The highest BCUT2D eigenvalue weighted by Gasteiger charge is 2.32. The first-order valence-electron chi connectivity index (χ1n) is 11.0. The summed E-state index contributed by atoms with van der Waals surface area (Å²) in [6, 6.07) is 1.42. The van der Waals surface area contributed by atoms with E-state index in [1.165, 1.54) is 38.4 Å². The van der Waals surface area contributed by atoms with Crippen LogP contribution >= 0.6 is 0 Å². The Bertz CT molecular complexity index is 1160. The Hall–Kier alpha value is -3.14. The molecule has 1 saturated carbocycles. The van der Waals surface area contributed by atoms with Crippen molar-refractivity contribution in [1.29, 1.82) is 0 Å². The van der Waals surface area contributed by atoms with E-state index in [4.69, 9.17) is 9.47 Å². The summed E-state index contributed by atoms with van der Waals surface area (Å²) in [7, 11) is 4.54. The van der Waals surface area contributed by atoms with Gasteiger partial charge in [-0.2, -0.15) is 0 Å². The van der Waals surface area contributed by atoms with Crippen molar-refractivity contribution in [1.82, 2.24) is 14.8 Å². The maximum atomic E-state index is 15.4. The van der Waals surface area contributed by atoms with Crippen LogP contribution in [0.5, 0.6) is 5.75 Å². The van der Waals surface area contributed by atoms with Crippen molar-refractivity contribution in [2.24, 2.45) is 0 Å². The number of hydrogen-bond acceptors (Lipinski definition) is 7. The van der Waals surface area contributed by atoms with Crippen molar-refractivity contribution >= 4 is 28.5 Å². The average Bonchev–Trinajstić information content (AvgIpc) is 3.62. The molecule has 1 aliphatic heterocycles. The number of likely N-dealkylation sites (N-methyl/N-ethyl adjacent to an activating group) is 1. The number of benzene rings is 1. The third kappa shape index (κ3) is 4.39. The molecule has 1 unspecified atom stereocenters. The minimum absolute atomic E-state index is 0.0524. The first kappa shape index (κ1) is 23.0. The second-order valence-corrected chi connectivity index (χ2v) is 8.81. The Morgan fingerprint density at radius 1 is 1.30 bits per heavy atom. The van der Waals surface area contributed by atoms with Crippen LogP contribution in [0.2, 0.25) is 0 Å². The number of carbonyl (C=O) groups is 2. The van der Waals surface area contributed by atoms with Crippen molar-refractivity contribution in [3.05, 3.63) is 33.9 Å². The first-order chi connectivity index (χ1) is 15.7. The molecule has 0 spiro atoms. The van der Waals surface area contributed by atoms with Crippen LogP contribution in [0.3, 0.4) is 0 Å². The number of fused-ring (bicyclic) bond motifs is 1. The van der Waals surface area contributed by atoms with Crippen molar-refractivity contribution in [3.63, 3.8) is 0 Å². The van der Waals surface area contributed by atoms with Gasteiger partial charge in [0.25, 0.3) is 5.91 Å². The van der Waals surface area contributed by atoms with Gasteiger partial charge in [-0.15, -0.1) is 0 Å². The lowest BCUT2D eigenvalue weighted by Crippen LogP contribution is -2.49. The van der Waals surface area contributed by atoms with Gasteiger partial charge in [-0.25, -0.2) is 9.18 Å². The Kier molecular flexibility index (Phi) is 6.29. The molecule has 1 amide bonds. The lowest BCUT2D eigenvalue weighted by Gasteiger charge is -2.35. The van der Waals surface area contributed by atoms with Crippen molar-refractivity contribution in [2.45, 2.75) is 31.8 Å². The highest BCUT2D eigenvalue weighted by Crippen LogP contribution is 2.43. The number of amides is 1. The number of rotatable bonds is 6. The predicted octanol–water partition coefficient (Wildman–Crippen LogP) is 1.53. The van der Waals surface area contributed by atoms with Gasteiger partial charge in [-0.3, -0.25) is 9.59 Å². The number of nitrogens with one attached hydrogen (secondary N) is 1. The number of ether oxygens (including phenoxy) is 2. The molecule has 178 valence electrons. The summed E-state index contributed by atoms with van der Waals surface area (Å²) >= 11 is 0. The molecule has 0 radical (unpaired) electrons. The maximum Gasteiger partial charge on any atom is 0.344 e. The van der Waals surface area contributed by atoms with E-state index < -0.39 is 29.7 Å². The Morgan fingerprint density at radius 2 is 2.03 bits per heavy atom. The zero-order valence-corrected chi connectivity index (χ0v) is 19.3. The molecule has 1 aromatic heterocycles. The van der Waals surface area contributed by atoms with Crippen LogP contribution < -0.4 is 20.4 Å². The number of aromatic nitrogens is 1. The molecule has 33 heavy (non-hydrogen) atoms. The van der Waals surface area contributed by atoms with Gasteiger partial charge in [-0.05, 0) is 25.8 Å². The van der Waals surface area contributed by atoms with Crippen LogP contribution in [0.25, 0.3) is 10.9 Å². The lowest BCUT2D eigenvalue weighted by molar-refractivity contribution is -0.131. The van der Waals surface area contributed by atoms with E-state index in [1.54, 1.807) is 0 Å². The fourth-order valence-electron chi connectivity index (χ4n) is 4.19. The summed E-state index contributed by atoms with van der Waals surface area (Å²) < 4.78 is 28.0. The zero-order chi connectivity index (χ0) is 23.9. The molecule has 1 atom stereocenters. The summed E-state index contributed by atoms with van der Waals surface area (Å²) in [6.45, 7) is 3.44. The summed E-state index contributed by atoms with van der Waals surface area (Å²) in [5, 5.41) is 3.39. The molecular formula is C23H29FN4O5. The number of methoxy groups -OCH3 is 1. The van der Waals surface area contributed by atoms with E-state index in [0.29, 0.717) is 30.8 Å². The Morgan fingerprint density at radius 3 is 2.64 bits per heavy atom. The van der Waals surface area contributed by atoms with Gasteiger partial charge in [0, 0.05) is 52.0 Å². The lowest BCUT2D eigenvalue weighted by atomic mass is 10.1. The molecule has 1 aromatic carbocycles. The van der Waals surface area contributed by atoms with Gasteiger partial charge in [0.15, 0.2) is 18.2 Å². The Balaban J connectivity index is 1.85. The second-order valence-electron chi connectivity index (χ2n) is 8.81. The van der Waals surface area contributed by atoms with Crippen LogP contribution in [0.15, 0.2) is 17.1 Å². The number of halogens is 1. The third-order valence-electron chi connectivity index (χ3n) is 6.07. The highest BCUT2D eigenvalue weighted by atomic mass is 19.1. The average molecular weight is 461 g/mol. The molecule has 9 nitrogen and oxygen atoms in total. The highest BCUT2D eigenvalue weighted by molar-refractivity contribution is 5.98. The topological polar surface area (TPSA) is 93.1 Å². The monoisotopic (exact) mass is 460 g/mol. The van der Waals surface area contributed by atoms with E-state index in [-0.39, 0.29) is 28.8 Å². The second kappa shape index (κ2) is 9.01. The molecule has 0 bridgehead atoms. The number of esters is 1. The molecule has 4 rings (SSSR count). The molecule has 1 N–H and O–H groups in total. The molecular weight excluding hydrogens is 431 g/mol. The molecule has 2 heterocycles. The van der Waals surface area contributed by atoms with Gasteiger partial charge in [0.05, 0.1) is 18.0 Å². The van der Waals surface area contributed by atoms with Crippen molar-refractivity contribution < 1.29 is 23.5 Å². The van der Waals surface area contributed by atoms with Crippen LogP contribution in [-0.2, 0) is 9.53 Å². The quantitative estimate of drug-likeness (QED) is 0.654. The number of anilines is 1. The fraction of sp³-hybridized carbons (Fsp3) is 0.522. The van der Waals surface area contributed by atoms with E-state index in [2.05, 4.69) is 5.32 Å². The number of piperazine rings is 1. The maximum absolute atomic E-state index is 15.4. The van der Waals surface area contributed by atoms with Crippen LogP contribution in [-0.4, -0.2) is 74.8 Å². The molecule has 10 heteroatoms. The van der Waals surface area contributed by atoms with Gasteiger partial charge in [-0.1, -0.05) is 0 Å². The van der Waals surface area contributed by atoms with Crippen LogP contribution in [0.4, 0.5) is 10.1 Å². The summed E-state index contributed by atoms with van der Waals surface area (Å²) in [5.74, 6) is -1.62. The number of carbonyl (C=O) groups excluding carboxylic acids is 2. The van der Waals surface area contributed by atoms with E-state index in [9.17, 15) is 14.4 Å². The zero-order valence-electron chi connectivity index (χ0n) is 19.3. The van der Waals surface area contributed by atoms with Gasteiger partial charge >= 0.3 is 5.97 Å². The van der Waals surface area contributed by atoms with Gasteiger partial charge in [0.2, 0.25) is 5.43 Å². The standard InChI is InChI=1S/C23H29FN4O5/c1-13-10-27(8-7-25-13)20-17(24)9-15-19(22(20)32-4)28(14-5-6-14)11-16(21(15)30)23(31)33-12-18(29)26(2)3/h9,11,13-14,25H,5-8,10,12H2,1-4H3. The predicted molar refractivity (Wildman–Crippen MR) is 122 cm³/mol. The van der Waals surface area contributed by atoms with Gasteiger partial charge < -0.3 is 29.2 Å². The molecule has 2 aliphatic rings. The summed E-state index contributed by atoms with van der Waals surface area (Å²) in [5.41, 5.74) is -0.0971. The Labute approximate surface area is 191 Å². The van der Waals surface area contributed by atoms with Crippen LogP contribution in [0.1, 0.15) is 36.2 Å². The minimum atomic E-state index is -0.911. The molecule has 1 saturated heterocycles. The van der Waals surface area contributed by atoms with Gasteiger partial charge in [0.1, 0.15) is 11.3 Å². The van der Waals surface area contributed by atoms with Crippen LogP contribution in [0, 0.1) is 5.82 Å². The summed E-state index contributed by atoms with van der Waals surface area (Å²) in [4.78, 5) is 40.9. The number of pyridine rings is 1. The largest absolute Gasteiger partial charge is 0.492 e. The smallest absolute Gasteiger partial charge is 0.344 e. The SMILES string of the molecule is COc1c(N2CCNC(C)C2)c(F)cc2c(=O)c(C(=O)OCC(=O)N(C)C)cn(C3CC3)c12. The molecule has 2 aromatic rings. The minimum Gasteiger partial charge on any atom is -0.492 e. The fourth-order valence-corrected chi connectivity index (χ4v) is 4.19.